The number of aliphatic carboxylic acids is 2. The van der Waals surface area contributed by atoms with E-state index in [1.807, 2.05) is 5.32 Å². The van der Waals surface area contributed by atoms with E-state index >= 15 is 0 Å². The van der Waals surface area contributed by atoms with Gasteiger partial charge in [0.2, 0.25) is 23.0 Å². The molecule has 0 heterocycles. The van der Waals surface area contributed by atoms with Crippen LogP contribution < -0.4 is 44.6 Å². The summed E-state index contributed by atoms with van der Waals surface area (Å²) in [5, 5.41) is 24.0. The monoisotopic (exact) mass is 704 g/mol. The lowest BCUT2D eigenvalue weighted by molar-refractivity contribution is -0.142. The van der Waals surface area contributed by atoms with Crippen molar-refractivity contribution in [3.8, 4) is 0 Å². The van der Waals surface area contributed by atoms with E-state index in [0.717, 1.165) is 0 Å². The van der Waals surface area contributed by atoms with Crippen molar-refractivity contribution < 1.29 is 52.0 Å². The lowest BCUT2D eigenvalue weighted by Crippen LogP contribution is -2.46. The molecule has 21 nitrogen and oxygen atoms in total. The summed E-state index contributed by atoms with van der Waals surface area (Å²) >= 11 is 4.82. The zero-order chi connectivity index (χ0) is 36.3. The van der Waals surface area contributed by atoms with Crippen LogP contribution in [0.4, 0.5) is 0 Å². The maximum atomic E-state index is 11.6. The van der Waals surface area contributed by atoms with Crippen LogP contribution >= 0.6 is 11.6 Å². The lowest BCUT2D eigenvalue weighted by atomic mass is 10.1. The van der Waals surface area contributed by atoms with Crippen molar-refractivity contribution in [3.05, 3.63) is 0 Å². The van der Waals surface area contributed by atoms with Crippen LogP contribution in [0.5, 0.6) is 0 Å². The van der Waals surface area contributed by atoms with Crippen LogP contribution in [-0.4, -0.2) is 114 Å². The van der Waals surface area contributed by atoms with Gasteiger partial charge in [-0.2, -0.15) is 8.42 Å². The Morgan fingerprint density at radius 3 is 1.46 bits per heavy atom. The molecule has 16 N–H and O–H groups in total. The number of nitrogens with two attached hydrogens (primary N) is 5. The van der Waals surface area contributed by atoms with E-state index in [2.05, 4.69) is 20.6 Å². The molecule has 2 atom stereocenters. The minimum absolute atomic E-state index is 0.0104. The Hall–Kier alpha value is -4.28. The number of carboxylic acids is 2. The zero-order valence-electron chi connectivity index (χ0n) is 25.3. The molecule has 46 heavy (non-hydrogen) atoms. The molecule has 0 radical (unpaired) electrons. The van der Waals surface area contributed by atoms with Crippen LogP contribution in [0.25, 0.3) is 0 Å². The van der Waals surface area contributed by atoms with E-state index in [1.54, 1.807) is 6.92 Å². The van der Waals surface area contributed by atoms with Gasteiger partial charge >= 0.3 is 11.9 Å². The first-order valence-electron chi connectivity index (χ1n) is 13.5. The van der Waals surface area contributed by atoms with Crippen LogP contribution in [0, 0.1) is 0 Å². The van der Waals surface area contributed by atoms with E-state index in [0.29, 0.717) is 51.6 Å². The number of amides is 3. The fraction of sp³-hybridized carbons (Fsp3) is 0.652. The lowest BCUT2D eigenvalue weighted by Gasteiger charge is -2.14. The third kappa shape index (κ3) is 34.2. The van der Waals surface area contributed by atoms with E-state index in [-0.39, 0.29) is 30.1 Å². The number of nitrogens with zero attached hydrogens (tertiary/aromatic N) is 2. The number of hydrogen-bond donors (Lipinski definition) is 11. The fourth-order valence-corrected chi connectivity index (χ4v) is 3.18. The summed E-state index contributed by atoms with van der Waals surface area (Å²) in [5.74, 6) is -5.96. The zero-order valence-corrected chi connectivity index (χ0v) is 26.9. The van der Waals surface area contributed by atoms with Crippen LogP contribution in [0.3, 0.4) is 0 Å². The Balaban J connectivity index is -0.000000729. The molecule has 0 saturated heterocycles. The summed E-state index contributed by atoms with van der Waals surface area (Å²) in [5.41, 5.74) is 25.6. The highest BCUT2D eigenvalue weighted by molar-refractivity contribution is 7.86. The van der Waals surface area contributed by atoms with E-state index in [4.69, 9.17) is 55.0 Å². The molecule has 0 aliphatic heterocycles. The molecule has 0 aromatic heterocycles. The van der Waals surface area contributed by atoms with Crippen LogP contribution in [0.2, 0.25) is 0 Å². The van der Waals surface area contributed by atoms with Gasteiger partial charge in [0.1, 0.15) is 12.1 Å². The second-order valence-electron chi connectivity index (χ2n) is 8.94. The maximum absolute atomic E-state index is 11.6. The molecular weight excluding hydrogens is 660 g/mol. The third-order valence-corrected chi connectivity index (χ3v) is 5.77. The van der Waals surface area contributed by atoms with Crippen molar-refractivity contribution in [1.82, 2.24) is 16.0 Å². The molecule has 0 spiro atoms. The summed E-state index contributed by atoms with van der Waals surface area (Å²) in [6.45, 7) is 1.65. The summed E-state index contributed by atoms with van der Waals surface area (Å²) in [4.78, 5) is 72.5. The number of guanidine groups is 2. The molecule has 2 unspecified atom stereocenters. The average molecular weight is 705 g/mol. The van der Waals surface area contributed by atoms with Gasteiger partial charge in [0, 0.05) is 19.5 Å². The highest BCUT2D eigenvalue weighted by atomic mass is 35.5. The van der Waals surface area contributed by atoms with Crippen molar-refractivity contribution in [1.29, 1.82) is 0 Å². The SMILES string of the molecule is CCC(=O)Cl.NC(N)=NCCCCC(NC(=O)CNC(=O)CS(=O)(=O)O)C(=O)O.NCC(=O)NC(CCCCN=C(N)N)C(=O)O. The summed E-state index contributed by atoms with van der Waals surface area (Å²) in [6, 6.07) is -2.08. The van der Waals surface area contributed by atoms with Crippen molar-refractivity contribution in [2.24, 2.45) is 38.7 Å². The number of carboxylic acid groups (broad SMARTS) is 2. The molecule has 3 amide bonds. The van der Waals surface area contributed by atoms with Gasteiger partial charge in [0.25, 0.3) is 10.1 Å². The van der Waals surface area contributed by atoms with Gasteiger partial charge in [-0.05, 0) is 50.1 Å². The number of unbranched alkanes of at least 4 members (excludes halogenated alkanes) is 2. The van der Waals surface area contributed by atoms with Gasteiger partial charge in [-0.3, -0.25) is 33.7 Å². The molecule has 0 aromatic carbocycles. The number of rotatable bonds is 20. The smallest absolute Gasteiger partial charge is 0.326 e. The number of aliphatic imine (C=N–C) groups is 2. The summed E-state index contributed by atoms with van der Waals surface area (Å²) in [6.07, 6.45) is 3.08. The van der Waals surface area contributed by atoms with Crippen LogP contribution in [0.15, 0.2) is 9.98 Å². The largest absolute Gasteiger partial charge is 0.480 e. The highest BCUT2D eigenvalue weighted by Crippen LogP contribution is 2.03. The molecule has 0 aliphatic carbocycles. The van der Waals surface area contributed by atoms with Gasteiger partial charge in [-0.15, -0.1) is 0 Å². The molecule has 0 rings (SSSR count). The molecular formula is C23H45ClN10O11S. The minimum atomic E-state index is -4.50. The van der Waals surface area contributed by atoms with Crippen molar-refractivity contribution in [2.75, 3.05) is 31.9 Å². The Morgan fingerprint density at radius 1 is 0.761 bits per heavy atom. The Bertz CT molecular complexity index is 1150. The summed E-state index contributed by atoms with van der Waals surface area (Å²) < 4.78 is 29.4. The number of hydrogen-bond acceptors (Lipinski definition) is 11. The molecule has 0 saturated carbocycles. The van der Waals surface area contributed by atoms with Gasteiger partial charge in [0.05, 0.1) is 13.1 Å². The molecule has 0 aromatic rings. The van der Waals surface area contributed by atoms with Gasteiger partial charge < -0.3 is 54.8 Å². The maximum Gasteiger partial charge on any atom is 0.326 e. The molecule has 0 fully saturated rings. The number of carbonyl (C=O) groups excluding carboxylic acids is 4. The number of carbonyl (C=O) groups is 6. The Labute approximate surface area is 270 Å². The molecule has 0 bridgehead atoms. The van der Waals surface area contributed by atoms with E-state index < -0.39 is 64.2 Å². The second-order valence-corrected chi connectivity index (χ2v) is 10.8. The van der Waals surface area contributed by atoms with Gasteiger partial charge in [0.15, 0.2) is 17.7 Å². The predicted octanol–water partition coefficient (Wildman–Crippen LogP) is -3.88. The van der Waals surface area contributed by atoms with E-state index in [1.165, 1.54) is 0 Å². The van der Waals surface area contributed by atoms with Crippen molar-refractivity contribution >= 4 is 68.5 Å². The second kappa shape index (κ2) is 27.1. The van der Waals surface area contributed by atoms with Crippen LogP contribution in [0.1, 0.15) is 51.9 Å². The normalized spacial score (nSPS) is 11.4. The molecule has 266 valence electrons. The first-order valence-corrected chi connectivity index (χ1v) is 15.5. The first kappa shape index (κ1) is 46.1. The van der Waals surface area contributed by atoms with Crippen LogP contribution in [-0.2, 0) is 38.9 Å². The molecule has 23 heteroatoms. The Kier molecular flexibility index (Phi) is 27.1. The Morgan fingerprint density at radius 2 is 1.15 bits per heavy atom. The topological polar surface area (TPSA) is 388 Å². The quantitative estimate of drug-likeness (QED) is 0.0190. The van der Waals surface area contributed by atoms with Crippen molar-refractivity contribution in [2.45, 2.75) is 64.0 Å². The van der Waals surface area contributed by atoms with Gasteiger partial charge in [-0.25, -0.2) is 9.59 Å². The van der Waals surface area contributed by atoms with Gasteiger partial charge in [-0.1, -0.05) is 6.92 Å². The predicted molar refractivity (Wildman–Crippen MR) is 168 cm³/mol. The average Bonchev–Trinajstić information content (AvgIpc) is 2.93. The third-order valence-electron chi connectivity index (χ3n) is 4.88. The van der Waals surface area contributed by atoms with E-state index in [9.17, 15) is 37.2 Å². The first-order chi connectivity index (χ1) is 21.2. The highest BCUT2D eigenvalue weighted by Gasteiger charge is 2.21. The summed E-state index contributed by atoms with van der Waals surface area (Å²) in [7, 11) is -4.50. The number of halogens is 1. The standard InChI is InChI=1S/C11H21N5O7S.C9H19N5O3.C3H5ClO/c12-11(13)14-4-2-1-3-7(10(19)20)16-8(17)5-15-9(18)6-24(21,22)23;10-5-7(15)14-6(8(16)17)3-1-2-4-13-9(11)12;1-2-3(4)5/h7H,1-6H2,(H,15,18)(H,16,17)(H,19,20)(H4,12,13,14)(H,21,22,23);6H,1-5,10H2,(H,14,15)(H,16,17)(H4,11,12,13);2H2,1H3. The fourth-order valence-electron chi connectivity index (χ4n) is 2.75. The minimum Gasteiger partial charge on any atom is -0.480 e. The number of nitrogens with one attached hydrogen (secondary N) is 3. The molecule has 0 aliphatic rings. The van der Waals surface area contributed by atoms with Crippen molar-refractivity contribution in [3.63, 3.8) is 0 Å².